The topological polar surface area (TPSA) is 103 Å². The molecule has 42 heavy (non-hydrogen) atoms. The van der Waals surface area contributed by atoms with Crippen molar-refractivity contribution in [3.8, 4) is 0 Å². The maximum Gasteiger partial charge on any atom is 0.258 e. The SMILES string of the molecule is COCCN1CCN(CCCNC(=O)c2ccc(N/C(=C3\C(=O)Nc4cc(C=O)ccc43)c3ccccc3)cc2)CC1. The van der Waals surface area contributed by atoms with Crippen molar-refractivity contribution in [1.82, 2.24) is 15.1 Å². The van der Waals surface area contributed by atoms with Gasteiger partial charge in [-0.15, -0.1) is 0 Å². The molecule has 1 fully saturated rings. The number of hydrogen-bond acceptors (Lipinski definition) is 7. The number of piperazine rings is 1. The molecule has 3 N–H and O–H groups in total. The van der Waals surface area contributed by atoms with E-state index >= 15 is 0 Å². The fraction of sp³-hybridized carbons (Fsp3) is 0.303. The molecule has 0 saturated carbocycles. The molecule has 0 aliphatic carbocycles. The lowest BCUT2D eigenvalue weighted by molar-refractivity contribution is -0.110. The standard InChI is InChI=1S/C33H37N5O4/c1-42-21-20-38-18-16-37(17-19-38)15-5-14-34-32(40)26-9-11-27(12-10-26)35-31(25-6-3-2-4-7-25)30-28-13-8-24(23-39)22-29(28)36-33(30)41/h2-4,6-13,22-23,35H,5,14-21H2,1H3,(H,34,40)(H,36,41)/b31-30-. The summed E-state index contributed by atoms with van der Waals surface area (Å²) in [5.41, 5.74) is 5.12. The maximum absolute atomic E-state index is 13.1. The van der Waals surface area contributed by atoms with Gasteiger partial charge in [0.05, 0.1) is 17.9 Å². The predicted molar refractivity (Wildman–Crippen MR) is 165 cm³/mol. The Morgan fingerprint density at radius 2 is 1.64 bits per heavy atom. The van der Waals surface area contributed by atoms with Crippen molar-refractivity contribution in [2.75, 3.05) is 70.2 Å². The smallest absolute Gasteiger partial charge is 0.258 e. The predicted octanol–water partition coefficient (Wildman–Crippen LogP) is 3.82. The third-order valence-corrected chi connectivity index (χ3v) is 7.67. The molecular weight excluding hydrogens is 530 g/mol. The van der Waals surface area contributed by atoms with Crippen molar-refractivity contribution in [3.63, 3.8) is 0 Å². The Morgan fingerprint density at radius 3 is 2.33 bits per heavy atom. The normalized spacial score (nSPS) is 16.5. The Kier molecular flexibility index (Phi) is 9.76. The van der Waals surface area contributed by atoms with Gasteiger partial charge in [0.1, 0.15) is 6.29 Å². The zero-order valence-corrected chi connectivity index (χ0v) is 23.9. The number of benzene rings is 3. The summed E-state index contributed by atoms with van der Waals surface area (Å²) in [6, 6.07) is 22.0. The van der Waals surface area contributed by atoms with Gasteiger partial charge in [0, 0.05) is 74.4 Å². The summed E-state index contributed by atoms with van der Waals surface area (Å²) >= 11 is 0. The van der Waals surface area contributed by atoms with Crippen molar-refractivity contribution >= 4 is 40.7 Å². The lowest BCUT2D eigenvalue weighted by atomic mass is 9.99. The fourth-order valence-corrected chi connectivity index (χ4v) is 5.31. The molecule has 9 heteroatoms. The first-order valence-electron chi connectivity index (χ1n) is 14.4. The molecule has 9 nitrogen and oxygen atoms in total. The maximum atomic E-state index is 13.1. The minimum Gasteiger partial charge on any atom is -0.383 e. The Labute approximate surface area is 246 Å². The van der Waals surface area contributed by atoms with Crippen LogP contribution in [-0.2, 0) is 9.53 Å². The van der Waals surface area contributed by atoms with Crippen molar-refractivity contribution in [2.45, 2.75) is 6.42 Å². The lowest BCUT2D eigenvalue weighted by Gasteiger charge is -2.34. The summed E-state index contributed by atoms with van der Waals surface area (Å²) in [4.78, 5) is 42.0. The number of carbonyl (C=O) groups is 3. The first kappa shape index (κ1) is 29.2. The van der Waals surface area contributed by atoms with Crippen LogP contribution >= 0.6 is 0 Å². The van der Waals surface area contributed by atoms with Crippen molar-refractivity contribution in [1.29, 1.82) is 0 Å². The van der Waals surface area contributed by atoms with E-state index in [1.807, 2.05) is 42.5 Å². The monoisotopic (exact) mass is 567 g/mol. The molecule has 5 rings (SSSR count). The van der Waals surface area contributed by atoms with Gasteiger partial charge < -0.3 is 25.6 Å². The van der Waals surface area contributed by atoms with Gasteiger partial charge in [0.2, 0.25) is 0 Å². The summed E-state index contributed by atoms with van der Waals surface area (Å²) in [5, 5.41) is 9.32. The summed E-state index contributed by atoms with van der Waals surface area (Å²) < 4.78 is 5.17. The van der Waals surface area contributed by atoms with Crippen LogP contribution in [0.15, 0.2) is 72.8 Å². The second-order valence-corrected chi connectivity index (χ2v) is 10.5. The van der Waals surface area contributed by atoms with E-state index in [1.165, 1.54) is 0 Å². The van der Waals surface area contributed by atoms with E-state index in [9.17, 15) is 14.4 Å². The highest BCUT2D eigenvalue weighted by atomic mass is 16.5. The van der Waals surface area contributed by atoms with E-state index in [4.69, 9.17) is 4.74 Å². The van der Waals surface area contributed by atoms with Gasteiger partial charge in [-0.05, 0) is 48.9 Å². The number of nitrogens with one attached hydrogen (secondary N) is 3. The van der Waals surface area contributed by atoms with Crippen LogP contribution in [-0.4, -0.2) is 87.4 Å². The van der Waals surface area contributed by atoms with E-state index in [0.717, 1.165) is 75.4 Å². The van der Waals surface area contributed by atoms with Crippen LogP contribution < -0.4 is 16.0 Å². The third kappa shape index (κ3) is 7.12. The summed E-state index contributed by atoms with van der Waals surface area (Å²) in [5.74, 6) is -0.356. The molecular formula is C33H37N5O4. The molecule has 0 unspecified atom stereocenters. The molecule has 3 aromatic carbocycles. The largest absolute Gasteiger partial charge is 0.383 e. The lowest BCUT2D eigenvalue weighted by Crippen LogP contribution is -2.47. The van der Waals surface area contributed by atoms with Crippen LogP contribution in [0.3, 0.4) is 0 Å². The van der Waals surface area contributed by atoms with Gasteiger partial charge in [-0.1, -0.05) is 42.5 Å². The first-order chi connectivity index (χ1) is 20.6. The third-order valence-electron chi connectivity index (χ3n) is 7.67. The quantitative estimate of drug-likeness (QED) is 0.174. The summed E-state index contributed by atoms with van der Waals surface area (Å²) in [7, 11) is 1.74. The number of amides is 2. The average molecular weight is 568 g/mol. The first-order valence-corrected chi connectivity index (χ1v) is 14.4. The molecule has 2 aliphatic rings. The highest BCUT2D eigenvalue weighted by Crippen LogP contribution is 2.37. The number of fused-ring (bicyclic) bond motifs is 1. The van der Waals surface area contributed by atoms with Crippen LogP contribution in [0.2, 0.25) is 0 Å². The molecule has 0 atom stereocenters. The zero-order chi connectivity index (χ0) is 29.3. The van der Waals surface area contributed by atoms with Gasteiger partial charge in [-0.3, -0.25) is 19.3 Å². The number of anilines is 2. The molecule has 218 valence electrons. The van der Waals surface area contributed by atoms with Gasteiger partial charge in [0.15, 0.2) is 0 Å². The molecule has 2 aliphatic heterocycles. The fourth-order valence-electron chi connectivity index (χ4n) is 5.31. The van der Waals surface area contributed by atoms with Gasteiger partial charge in [0.25, 0.3) is 11.8 Å². The minimum absolute atomic E-state index is 0.109. The van der Waals surface area contributed by atoms with Crippen LogP contribution in [0.25, 0.3) is 11.3 Å². The van der Waals surface area contributed by atoms with E-state index in [1.54, 1.807) is 37.4 Å². The number of nitrogens with zero attached hydrogens (tertiary/aromatic N) is 2. The number of aldehydes is 1. The molecule has 2 amide bonds. The molecule has 0 radical (unpaired) electrons. The van der Waals surface area contributed by atoms with Crippen molar-refractivity contribution in [2.24, 2.45) is 0 Å². The van der Waals surface area contributed by atoms with Crippen LogP contribution in [0, 0.1) is 0 Å². The highest BCUT2D eigenvalue weighted by molar-refractivity contribution is 6.37. The molecule has 0 aromatic heterocycles. The molecule has 2 heterocycles. The molecule has 0 spiro atoms. The number of methoxy groups -OCH3 is 1. The zero-order valence-electron chi connectivity index (χ0n) is 23.9. The number of ether oxygens (including phenoxy) is 1. The van der Waals surface area contributed by atoms with Crippen molar-refractivity contribution in [3.05, 3.63) is 95.1 Å². The Bertz CT molecular complexity index is 1430. The summed E-state index contributed by atoms with van der Waals surface area (Å²) in [6.45, 7) is 7.52. The second kappa shape index (κ2) is 14.0. The van der Waals surface area contributed by atoms with Crippen LogP contribution in [0.5, 0.6) is 0 Å². The average Bonchev–Trinajstić information content (AvgIpc) is 3.36. The number of carbonyl (C=O) groups excluding carboxylic acids is 3. The highest BCUT2D eigenvalue weighted by Gasteiger charge is 2.28. The summed E-state index contributed by atoms with van der Waals surface area (Å²) in [6.07, 6.45) is 1.66. The molecule has 3 aromatic rings. The van der Waals surface area contributed by atoms with E-state index in [0.29, 0.717) is 34.6 Å². The number of hydrogen-bond donors (Lipinski definition) is 3. The van der Waals surface area contributed by atoms with Gasteiger partial charge in [-0.25, -0.2) is 0 Å². The Hall–Kier alpha value is -4.31. The Balaban J connectivity index is 1.20. The van der Waals surface area contributed by atoms with Crippen LogP contribution in [0.4, 0.5) is 11.4 Å². The van der Waals surface area contributed by atoms with Crippen LogP contribution in [0.1, 0.15) is 38.3 Å². The molecule has 1 saturated heterocycles. The van der Waals surface area contributed by atoms with Gasteiger partial charge in [-0.2, -0.15) is 0 Å². The minimum atomic E-state index is -0.247. The van der Waals surface area contributed by atoms with E-state index < -0.39 is 0 Å². The van der Waals surface area contributed by atoms with Gasteiger partial charge >= 0.3 is 0 Å². The molecule has 0 bridgehead atoms. The Morgan fingerprint density at radius 1 is 0.929 bits per heavy atom. The van der Waals surface area contributed by atoms with E-state index in [2.05, 4.69) is 25.8 Å². The van der Waals surface area contributed by atoms with Crippen molar-refractivity contribution < 1.29 is 19.1 Å². The number of rotatable bonds is 12. The second-order valence-electron chi connectivity index (χ2n) is 10.5. The van der Waals surface area contributed by atoms with E-state index in [-0.39, 0.29) is 11.8 Å².